The predicted molar refractivity (Wildman–Crippen MR) is 90.0 cm³/mol. The van der Waals surface area contributed by atoms with Gasteiger partial charge in [0.2, 0.25) is 0 Å². The van der Waals surface area contributed by atoms with Crippen molar-refractivity contribution in [1.82, 2.24) is 10.2 Å². The van der Waals surface area contributed by atoms with Gasteiger partial charge in [-0.2, -0.15) is 0 Å². The van der Waals surface area contributed by atoms with Gasteiger partial charge in [0.05, 0.1) is 0 Å². The lowest BCUT2D eigenvalue weighted by molar-refractivity contribution is 0.282. The fraction of sp³-hybridized carbons (Fsp3) is 0.667. The summed E-state index contributed by atoms with van der Waals surface area (Å²) in [7, 11) is 2.24. The van der Waals surface area contributed by atoms with E-state index in [9.17, 15) is 4.39 Å². The molecule has 0 bridgehead atoms. The Morgan fingerprint density at radius 3 is 2.59 bits per heavy atom. The van der Waals surface area contributed by atoms with Crippen LogP contribution in [0.25, 0.3) is 0 Å². The molecule has 0 aliphatic carbocycles. The maximum atomic E-state index is 13.2. The summed E-state index contributed by atoms with van der Waals surface area (Å²) in [4.78, 5) is 4.87. The molecule has 2 heterocycles. The number of rotatable bonds is 4. The number of nitrogens with zero attached hydrogens (tertiary/aromatic N) is 2. The summed E-state index contributed by atoms with van der Waals surface area (Å²) in [6.45, 7) is 6.49. The van der Waals surface area contributed by atoms with E-state index >= 15 is 0 Å². The summed E-state index contributed by atoms with van der Waals surface area (Å²) in [5.41, 5.74) is 2.23. The van der Waals surface area contributed by atoms with E-state index in [0.717, 1.165) is 31.2 Å². The quantitative estimate of drug-likeness (QED) is 0.923. The van der Waals surface area contributed by atoms with Crippen LogP contribution in [0.2, 0.25) is 0 Å². The summed E-state index contributed by atoms with van der Waals surface area (Å²) in [6, 6.07) is 6.48. The summed E-state index contributed by atoms with van der Waals surface area (Å²) < 4.78 is 13.2. The van der Waals surface area contributed by atoms with Crippen molar-refractivity contribution in [1.29, 1.82) is 0 Å². The Hall–Kier alpha value is -1.13. The molecule has 0 spiro atoms. The lowest BCUT2D eigenvalue weighted by atomic mass is 10.0. The van der Waals surface area contributed by atoms with Gasteiger partial charge in [0.25, 0.3) is 0 Å². The molecule has 2 saturated heterocycles. The largest absolute Gasteiger partial charge is 0.371 e. The molecule has 2 aliphatic rings. The van der Waals surface area contributed by atoms with Crippen LogP contribution in [0.15, 0.2) is 18.2 Å². The lowest BCUT2D eigenvalue weighted by Crippen LogP contribution is -2.46. The van der Waals surface area contributed by atoms with Crippen LogP contribution >= 0.6 is 0 Å². The van der Waals surface area contributed by atoms with Crippen molar-refractivity contribution in [2.24, 2.45) is 0 Å². The highest BCUT2D eigenvalue weighted by atomic mass is 19.1. The molecule has 2 fully saturated rings. The van der Waals surface area contributed by atoms with Crippen LogP contribution in [0.4, 0.5) is 10.1 Å². The third-order valence-corrected chi connectivity index (χ3v) is 5.31. The minimum absolute atomic E-state index is 0.140. The monoisotopic (exact) mass is 305 g/mol. The highest BCUT2D eigenvalue weighted by Gasteiger charge is 2.24. The van der Waals surface area contributed by atoms with E-state index in [2.05, 4.69) is 22.2 Å². The molecular weight excluding hydrogens is 277 g/mol. The molecule has 0 radical (unpaired) electrons. The van der Waals surface area contributed by atoms with E-state index in [1.807, 2.05) is 13.0 Å². The highest BCUT2D eigenvalue weighted by Crippen LogP contribution is 2.24. The summed E-state index contributed by atoms with van der Waals surface area (Å²) in [6.07, 6.45) is 5.02. The number of halogens is 1. The number of nitrogens with one attached hydrogen (secondary N) is 1. The number of benzene rings is 1. The Kier molecular flexibility index (Phi) is 4.99. The van der Waals surface area contributed by atoms with Crippen LogP contribution in [0, 0.1) is 12.7 Å². The molecule has 3 nitrogen and oxygen atoms in total. The van der Waals surface area contributed by atoms with Gasteiger partial charge < -0.3 is 15.1 Å². The van der Waals surface area contributed by atoms with Crippen LogP contribution in [0.1, 0.15) is 31.2 Å². The molecule has 22 heavy (non-hydrogen) atoms. The van der Waals surface area contributed by atoms with E-state index in [0.29, 0.717) is 6.04 Å². The second-order valence-corrected chi connectivity index (χ2v) is 6.88. The van der Waals surface area contributed by atoms with Crippen molar-refractivity contribution >= 4 is 5.69 Å². The van der Waals surface area contributed by atoms with Crippen molar-refractivity contribution in [2.75, 3.05) is 38.1 Å². The SMILES string of the molecule is Cc1cc(F)ccc1N1CCC(NC[C@H]2CCCN2C)CC1. The van der Waals surface area contributed by atoms with Gasteiger partial charge in [-0.15, -0.1) is 0 Å². The van der Waals surface area contributed by atoms with Crippen molar-refractivity contribution in [2.45, 2.75) is 44.7 Å². The minimum atomic E-state index is -0.140. The van der Waals surface area contributed by atoms with Crippen LogP contribution in [0.5, 0.6) is 0 Å². The molecule has 1 aromatic rings. The maximum Gasteiger partial charge on any atom is 0.123 e. The molecular formula is C18H28FN3. The Morgan fingerprint density at radius 1 is 1.18 bits per heavy atom. The summed E-state index contributed by atoms with van der Waals surface area (Å²) in [5, 5.41) is 3.76. The molecule has 1 atom stereocenters. The van der Waals surface area contributed by atoms with Gasteiger partial charge in [-0.05, 0) is 70.0 Å². The van der Waals surface area contributed by atoms with Crippen LogP contribution in [0.3, 0.4) is 0 Å². The first-order valence-electron chi connectivity index (χ1n) is 8.58. The third kappa shape index (κ3) is 3.61. The first-order chi connectivity index (χ1) is 10.6. The second kappa shape index (κ2) is 6.97. The molecule has 0 unspecified atom stereocenters. The van der Waals surface area contributed by atoms with Crippen molar-refractivity contribution in [3.8, 4) is 0 Å². The lowest BCUT2D eigenvalue weighted by Gasteiger charge is -2.35. The van der Waals surface area contributed by atoms with Crippen molar-refractivity contribution in [3.05, 3.63) is 29.6 Å². The van der Waals surface area contributed by atoms with Gasteiger partial charge in [0.15, 0.2) is 0 Å². The number of aryl methyl sites for hydroxylation is 1. The Bertz CT molecular complexity index is 497. The van der Waals surface area contributed by atoms with E-state index in [-0.39, 0.29) is 5.82 Å². The Labute approximate surface area is 133 Å². The van der Waals surface area contributed by atoms with Gasteiger partial charge in [0, 0.05) is 37.4 Å². The average molecular weight is 305 g/mol. The van der Waals surface area contributed by atoms with Crippen LogP contribution < -0.4 is 10.2 Å². The zero-order valence-electron chi connectivity index (χ0n) is 13.8. The zero-order valence-corrected chi connectivity index (χ0v) is 13.8. The van der Waals surface area contributed by atoms with Gasteiger partial charge in [-0.1, -0.05) is 0 Å². The van der Waals surface area contributed by atoms with Crippen LogP contribution in [-0.4, -0.2) is 50.2 Å². The number of hydrogen-bond donors (Lipinski definition) is 1. The fourth-order valence-electron chi connectivity index (χ4n) is 3.84. The molecule has 4 heteroatoms. The number of anilines is 1. The fourth-order valence-corrected chi connectivity index (χ4v) is 3.84. The van der Waals surface area contributed by atoms with Gasteiger partial charge in [-0.3, -0.25) is 0 Å². The van der Waals surface area contributed by atoms with E-state index in [4.69, 9.17) is 0 Å². The summed E-state index contributed by atoms with van der Waals surface area (Å²) in [5.74, 6) is -0.140. The Morgan fingerprint density at radius 2 is 1.95 bits per heavy atom. The smallest absolute Gasteiger partial charge is 0.123 e. The van der Waals surface area contributed by atoms with Crippen molar-refractivity contribution < 1.29 is 4.39 Å². The first kappa shape index (κ1) is 15.8. The average Bonchev–Trinajstić information content (AvgIpc) is 2.91. The number of piperidine rings is 1. The molecule has 3 rings (SSSR count). The topological polar surface area (TPSA) is 18.5 Å². The van der Waals surface area contributed by atoms with Crippen LogP contribution in [-0.2, 0) is 0 Å². The van der Waals surface area contributed by atoms with Crippen molar-refractivity contribution in [3.63, 3.8) is 0 Å². The zero-order chi connectivity index (χ0) is 15.5. The number of likely N-dealkylation sites (tertiary alicyclic amines) is 1. The molecule has 1 N–H and O–H groups in total. The number of likely N-dealkylation sites (N-methyl/N-ethyl adjacent to an activating group) is 1. The van der Waals surface area contributed by atoms with Gasteiger partial charge >= 0.3 is 0 Å². The molecule has 0 aromatic heterocycles. The maximum absolute atomic E-state index is 13.2. The highest BCUT2D eigenvalue weighted by molar-refractivity contribution is 5.53. The van der Waals surface area contributed by atoms with E-state index < -0.39 is 0 Å². The molecule has 122 valence electrons. The molecule has 0 saturated carbocycles. The standard InChI is InChI=1S/C18H28FN3/c1-14-12-15(19)5-6-18(14)22-10-7-16(8-11-22)20-13-17-4-3-9-21(17)2/h5-6,12,16-17,20H,3-4,7-11,13H2,1-2H3/t17-/m1/s1. The minimum Gasteiger partial charge on any atom is -0.371 e. The van der Waals surface area contributed by atoms with Gasteiger partial charge in [-0.25, -0.2) is 4.39 Å². The summed E-state index contributed by atoms with van der Waals surface area (Å²) >= 11 is 0. The molecule has 0 amide bonds. The molecule has 2 aliphatic heterocycles. The van der Waals surface area contributed by atoms with Gasteiger partial charge in [0.1, 0.15) is 5.82 Å². The normalized spacial score (nSPS) is 24.1. The van der Waals surface area contributed by atoms with E-state index in [1.54, 1.807) is 12.1 Å². The van der Waals surface area contributed by atoms with E-state index in [1.165, 1.54) is 37.9 Å². The Balaban J connectivity index is 1.48. The second-order valence-electron chi connectivity index (χ2n) is 6.88. The number of hydrogen-bond acceptors (Lipinski definition) is 3. The predicted octanol–water partition coefficient (Wildman–Crippen LogP) is 2.79. The third-order valence-electron chi connectivity index (χ3n) is 5.31. The first-order valence-corrected chi connectivity index (χ1v) is 8.58. The molecule has 1 aromatic carbocycles.